The van der Waals surface area contributed by atoms with Crippen molar-refractivity contribution in [1.29, 1.82) is 0 Å². The summed E-state index contributed by atoms with van der Waals surface area (Å²) in [6, 6.07) is 18.6. The summed E-state index contributed by atoms with van der Waals surface area (Å²) in [4.78, 5) is 19.6. The number of nitrogens with zero attached hydrogens (tertiary/aromatic N) is 2. The predicted octanol–water partition coefficient (Wildman–Crippen LogP) is 4.71. The summed E-state index contributed by atoms with van der Waals surface area (Å²) >= 11 is 0. The van der Waals surface area contributed by atoms with Crippen molar-refractivity contribution in [2.45, 2.75) is 26.7 Å². The van der Waals surface area contributed by atoms with Crippen LogP contribution in [-0.2, 0) is 11.2 Å². The summed E-state index contributed by atoms with van der Waals surface area (Å²) in [6.45, 7) is 5.57. The van der Waals surface area contributed by atoms with E-state index in [1.807, 2.05) is 36.1 Å². The quantitative estimate of drug-likeness (QED) is 0.681. The highest BCUT2D eigenvalue weighted by molar-refractivity contribution is 5.87. The van der Waals surface area contributed by atoms with E-state index in [1.165, 1.54) is 16.7 Å². The summed E-state index contributed by atoms with van der Waals surface area (Å²) < 4.78 is 0. The van der Waals surface area contributed by atoms with E-state index in [0.29, 0.717) is 13.0 Å². The van der Waals surface area contributed by atoms with Crippen LogP contribution in [0, 0.1) is 13.8 Å². The molecule has 0 aliphatic carbocycles. The Balaban J connectivity index is 1.52. The van der Waals surface area contributed by atoms with Crippen molar-refractivity contribution in [3.05, 3.63) is 83.1 Å². The summed E-state index contributed by atoms with van der Waals surface area (Å²) in [5, 5.41) is 1.14. The van der Waals surface area contributed by atoms with Crippen molar-refractivity contribution in [2.75, 3.05) is 13.1 Å². The zero-order chi connectivity index (χ0) is 18.8. The monoisotopic (exact) mass is 356 g/mol. The van der Waals surface area contributed by atoms with Crippen LogP contribution in [0.3, 0.4) is 0 Å². The number of amides is 1. The van der Waals surface area contributed by atoms with Gasteiger partial charge in [-0.05, 0) is 48.6 Å². The lowest BCUT2D eigenvalue weighted by Gasteiger charge is -2.27. The Kier molecular flexibility index (Phi) is 4.76. The van der Waals surface area contributed by atoms with E-state index in [9.17, 15) is 4.79 Å². The fourth-order valence-corrected chi connectivity index (χ4v) is 3.90. The van der Waals surface area contributed by atoms with Gasteiger partial charge in [-0.1, -0.05) is 54.6 Å². The van der Waals surface area contributed by atoms with Gasteiger partial charge in [0.15, 0.2) is 0 Å². The highest BCUT2D eigenvalue weighted by atomic mass is 16.2. The zero-order valence-corrected chi connectivity index (χ0v) is 15.9. The van der Waals surface area contributed by atoms with Gasteiger partial charge in [-0.25, -0.2) is 0 Å². The number of fused-ring (bicyclic) bond motifs is 1. The van der Waals surface area contributed by atoms with Crippen LogP contribution in [0.4, 0.5) is 0 Å². The Labute approximate surface area is 160 Å². The lowest BCUT2D eigenvalue weighted by Crippen LogP contribution is -2.36. The van der Waals surface area contributed by atoms with E-state index in [-0.39, 0.29) is 5.91 Å². The van der Waals surface area contributed by atoms with Gasteiger partial charge in [0.25, 0.3) is 0 Å². The van der Waals surface area contributed by atoms with Crippen LogP contribution in [0.2, 0.25) is 0 Å². The van der Waals surface area contributed by atoms with E-state index >= 15 is 0 Å². The Morgan fingerprint density at radius 3 is 2.52 bits per heavy atom. The molecule has 0 bridgehead atoms. The number of carbonyl (C=O) groups is 1. The topological polar surface area (TPSA) is 33.2 Å². The van der Waals surface area contributed by atoms with Crippen molar-refractivity contribution < 1.29 is 4.79 Å². The Bertz CT molecular complexity index is 1020. The number of para-hydroxylation sites is 1. The Morgan fingerprint density at radius 2 is 1.78 bits per heavy atom. The number of benzene rings is 2. The minimum Gasteiger partial charge on any atom is -0.338 e. The molecule has 0 spiro atoms. The molecule has 1 aliphatic heterocycles. The number of pyridine rings is 1. The van der Waals surface area contributed by atoms with Crippen LogP contribution >= 0.6 is 0 Å². The fourth-order valence-electron chi connectivity index (χ4n) is 3.90. The van der Waals surface area contributed by atoms with E-state index < -0.39 is 0 Å². The summed E-state index contributed by atoms with van der Waals surface area (Å²) in [5.41, 5.74) is 6.78. The molecule has 1 aliphatic rings. The van der Waals surface area contributed by atoms with E-state index in [1.54, 1.807) is 0 Å². The van der Waals surface area contributed by atoms with Crippen LogP contribution in [0.5, 0.6) is 0 Å². The molecule has 0 radical (unpaired) electrons. The van der Waals surface area contributed by atoms with Gasteiger partial charge in [-0.15, -0.1) is 0 Å². The molecule has 4 rings (SSSR count). The minimum atomic E-state index is 0.182. The SMILES string of the molecule is Cc1nc2ccccc2c(C)c1CC(=O)N1CC=C(c2ccccc2)CC1. The summed E-state index contributed by atoms with van der Waals surface area (Å²) in [6.07, 6.45) is 3.52. The van der Waals surface area contributed by atoms with Gasteiger partial charge in [0.2, 0.25) is 5.91 Å². The molecule has 0 saturated heterocycles. The predicted molar refractivity (Wildman–Crippen MR) is 111 cm³/mol. The fraction of sp³-hybridized carbons (Fsp3) is 0.250. The van der Waals surface area contributed by atoms with Crippen molar-refractivity contribution in [1.82, 2.24) is 9.88 Å². The van der Waals surface area contributed by atoms with E-state index in [0.717, 1.165) is 35.1 Å². The van der Waals surface area contributed by atoms with Crippen LogP contribution < -0.4 is 0 Å². The minimum absolute atomic E-state index is 0.182. The van der Waals surface area contributed by atoms with E-state index in [2.05, 4.69) is 43.3 Å². The number of hydrogen-bond donors (Lipinski definition) is 0. The lowest BCUT2D eigenvalue weighted by atomic mass is 9.97. The average molecular weight is 356 g/mol. The molecule has 0 saturated carbocycles. The molecule has 27 heavy (non-hydrogen) atoms. The summed E-state index contributed by atoms with van der Waals surface area (Å²) in [7, 11) is 0. The molecular formula is C24H24N2O. The molecule has 0 N–H and O–H groups in total. The number of hydrogen-bond acceptors (Lipinski definition) is 2. The Morgan fingerprint density at radius 1 is 1.04 bits per heavy atom. The van der Waals surface area contributed by atoms with Gasteiger partial charge in [-0.3, -0.25) is 9.78 Å². The number of rotatable bonds is 3. The maximum Gasteiger partial charge on any atom is 0.227 e. The lowest BCUT2D eigenvalue weighted by molar-refractivity contribution is -0.130. The molecule has 0 unspecified atom stereocenters. The molecule has 0 atom stereocenters. The first-order chi connectivity index (χ1) is 13.1. The molecule has 3 heteroatoms. The maximum atomic E-state index is 12.9. The van der Waals surface area contributed by atoms with Gasteiger partial charge >= 0.3 is 0 Å². The molecule has 3 aromatic rings. The van der Waals surface area contributed by atoms with Crippen LogP contribution in [0.15, 0.2) is 60.7 Å². The van der Waals surface area contributed by atoms with Gasteiger partial charge in [0.05, 0.1) is 11.9 Å². The van der Waals surface area contributed by atoms with Crippen molar-refractivity contribution in [3.63, 3.8) is 0 Å². The second-order valence-corrected chi connectivity index (χ2v) is 7.18. The van der Waals surface area contributed by atoms with Crippen molar-refractivity contribution in [3.8, 4) is 0 Å². The first-order valence-electron chi connectivity index (χ1n) is 9.50. The van der Waals surface area contributed by atoms with Crippen molar-refractivity contribution in [2.24, 2.45) is 0 Å². The largest absolute Gasteiger partial charge is 0.338 e. The molecule has 2 heterocycles. The highest BCUT2D eigenvalue weighted by Crippen LogP contribution is 2.25. The highest BCUT2D eigenvalue weighted by Gasteiger charge is 2.20. The van der Waals surface area contributed by atoms with Crippen LogP contribution in [0.1, 0.15) is 28.8 Å². The van der Waals surface area contributed by atoms with Gasteiger partial charge in [-0.2, -0.15) is 0 Å². The third kappa shape index (κ3) is 3.50. The molecule has 0 fully saturated rings. The third-order valence-corrected chi connectivity index (χ3v) is 5.52. The molecule has 1 amide bonds. The summed E-state index contributed by atoms with van der Waals surface area (Å²) in [5.74, 6) is 0.182. The average Bonchev–Trinajstić information content (AvgIpc) is 2.72. The first kappa shape index (κ1) is 17.5. The molecular weight excluding hydrogens is 332 g/mol. The zero-order valence-electron chi connectivity index (χ0n) is 15.9. The molecule has 136 valence electrons. The second-order valence-electron chi connectivity index (χ2n) is 7.18. The van der Waals surface area contributed by atoms with Gasteiger partial charge in [0.1, 0.15) is 0 Å². The standard InChI is InChI=1S/C24H24N2O/c1-17-21-10-6-7-11-23(21)25-18(2)22(17)16-24(27)26-14-12-20(13-15-26)19-8-4-3-5-9-19/h3-12H,13-16H2,1-2H3. The second kappa shape index (κ2) is 7.36. The Hall–Kier alpha value is -2.94. The smallest absolute Gasteiger partial charge is 0.227 e. The number of aromatic nitrogens is 1. The normalized spacial score (nSPS) is 14.3. The molecule has 1 aromatic heterocycles. The molecule has 2 aromatic carbocycles. The first-order valence-corrected chi connectivity index (χ1v) is 9.50. The molecule has 3 nitrogen and oxygen atoms in total. The van der Waals surface area contributed by atoms with Crippen molar-refractivity contribution >= 4 is 22.4 Å². The maximum absolute atomic E-state index is 12.9. The van der Waals surface area contributed by atoms with Gasteiger partial charge < -0.3 is 4.90 Å². The van der Waals surface area contributed by atoms with Gasteiger partial charge in [0, 0.05) is 24.2 Å². The number of carbonyl (C=O) groups excluding carboxylic acids is 1. The number of aryl methyl sites for hydroxylation is 2. The van der Waals surface area contributed by atoms with E-state index in [4.69, 9.17) is 4.98 Å². The van der Waals surface area contributed by atoms with Crippen LogP contribution in [-0.4, -0.2) is 28.9 Å². The van der Waals surface area contributed by atoms with Crippen LogP contribution in [0.25, 0.3) is 16.5 Å². The third-order valence-electron chi connectivity index (χ3n) is 5.52.